The number of nitrogens with zero attached hydrogens (tertiary/aromatic N) is 2. The second-order valence-corrected chi connectivity index (χ2v) is 16.0. The number of methoxy groups -OCH3 is 2. The molecular weight excluding hydrogens is 730 g/mol. The molecule has 1 fully saturated rings. The zero-order chi connectivity index (χ0) is 39.4. The van der Waals surface area contributed by atoms with Crippen molar-refractivity contribution in [3.05, 3.63) is 34.3 Å². The van der Waals surface area contributed by atoms with E-state index in [2.05, 4.69) is 31.9 Å². The van der Waals surface area contributed by atoms with Gasteiger partial charge in [-0.25, -0.2) is 0 Å². The van der Waals surface area contributed by atoms with Crippen LogP contribution in [0.5, 0.6) is 0 Å². The molecule has 13 heteroatoms. The van der Waals surface area contributed by atoms with E-state index < -0.39 is 48.4 Å². The normalized spacial score (nSPS) is 20.0. The number of likely N-dealkylation sites (tertiary alicyclic amines) is 1. The highest BCUT2D eigenvalue weighted by atomic mass is 79.9. The summed E-state index contributed by atoms with van der Waals surface area (Å²) in [6.07, 6.45) is 0.0929. The Kier molecular flexibility index (Phi) is 18.7. The summed E-state index contributed by atoms with van der Waals surface area (Å²) in [5.74, 6) is -1.66. The van der Waals surface area contributed by atoms with E-state index in [4.69, 9.17) is 9.47 Å². The molecule has 52 heavy (non-hydrogen) atoms. The van der Waals surface area contributed by atoms with Gasteiger partial charge in [0.1, 0.15) is 6.04 Å². The first-order valence-electron chi connectivity index (χ1n) is 18.8. The molecule has 12 nitrogen and oxygen atoms in total. The minimum absolute atomic E-state index is 0.0181. The number of aliphatic hydroxyl groups excluding tert-OH is 1. The molecule has 0 bridgehead atoms. The Hall–Kier alpha value is -2.58. The molecule has 1 aromatic rings. The smallest absolute Gasteiger partial charge is 0.245 e. The first kappa shape index (κ1) is 45.6. The SMILES string of the molecule is CC[C@H](C)[C@@H]([C@@H](CC(=O)N1CCC[C@H]1[C@H](OC)[C@@H](C)C(=O)N[C@H](C)[C@@H](O)c1ccc(Br)cc1)OC)N(C)C(=O)[C@@H](NC(=O)[C@@H](NC)C(C)C)C(C)C. The highest BCUT2D eigenvalue weighted by Crippen LogP contribution is 2.30. The van der Waals surface area contributed by atoms with E-state index in [1.54, 1.807) is 64.1 Å². The van der Waals surface area contributed by atoms with Crippen LogP contribution in [0.4, 0.5) is 0 Å². The number of nitrogens with one attached hydrogen (secondary N) is 3. The Morgan fingerprint density at radius 2 is 1.54 bits per heavy atom. The topological polar surface area (TPSA) is 150 Å². The van der Waals surface area contributed by atoms with Crippen LogP contribution >= 0.6 is 15.9 Å². The van der Waals surface area contributed by atoms with Crippen LogP contribution in [0.25, 0.3) is 0 Å². The number of hydrogen-bond donors (Lipinski definition) is 4. The average Bonchev–Trinajstić information content (AvgIpc) is 3.59. The lowest BCUT2D eigenvalue weighted by Gasteiger charge is -2.41. The molecule has 0 spiro atoms. The Morgan fingerprint density at radius 3 is 2.04 bits per heavy atom. The molecule has 0 radical (unpaired) electrons. The molecule has 1 aromatic carbocycles. The van der Waals surface area contributed by atoms with Gasteiger partial charge in [0.15, 0.2) is 0 Å². The number of halogens is 1. The van der Waals surface area contributed by atoms with E-state index in [1.165, 1.54) is 0 Å². The number of likely N-dealkylation sites (N-methyl/N-ethyl adjacent to an activating group) is 2. The lowest BCUT2D eigenvalue weighted by atomic mass is 9.89. The average molecular weight is 797 g/mol. The predicted molar refractivity (Wildman–Crippen MR) is 207 cm³/mol. The van der Waals surface area contributed by atoms with E-state index >= 15 is 0 Å². The van der Waals surface area contributed by atoms with E-state index in [9.17, 15) is 24.3 Å². The molecule has 2 rings (SSSR count). The molecule has 10 atom stereocenters. The van der Waals surface area contributed by atoms with Crippen LogP contribution in [0.3, 0.4) is 0 Å². The first-order chi connectivity index (χ1) is 24.4. The van der Waals surface area contributed by atoms with Crippen molar-refractivity contribution in [1.29, 1.82) is 0 Å². The molecule has 1 aliphatic heterocycles. The Balaban J connectivity index is 2.24. The van der Waals surface area contributed by atoms with E-state index in [-0.39, 0.29) is 53.8 Å². The van der Waals surface area contributed by atoms with Gasteiger partial charge in [0.2, 0.25) is 23.6 Å². The maximum Gasteiger partial charge on any atom is 0.245 e. The zero-order valence-corrected chi connectivity index (χ0v) is 35.0. The van der Waals surface area contributed by atoms with E-state index in [0.717, 1.165) is 17.3 Å². The number of rotatable bonds is 20. The fourth-order valence-corrected chi connectivity index (χ4v) is 7.70. The number of hydrogen-bond acceptors (Lipinski definition) is 8. The molecule has 4 N–H and O–H groups in total. The van der Waals surface area contributed by atoms with Crippen LogP contribution in [0.2, 0.25) is 0 Å². The van der Waals surface area contributed by atoms with Crippen LogP contribution in [0.15, 0.2) is 28.7 Å². The predicted octanol–water partition coefficient (Wildman–Crippen LogP) is 4.29. The highest BCUT2D eigenvalue weighted by molar-refractivity contribution is 9.10. The Morgan fingerprint density at radius 1 is 0.942 bits per heavy atom. The van der Waals surface area contributed by atoms with Gasteiger partial charge in [-0.3, -0.25) is 19.2 Å². The van der Waals surface area contributed by atoms with Gasteiger partial charge in [-0.05, 0) is 62.3 Å². The molecule has 0 unspecified atom stereocenters. The highest BCUT2D eigenvalue weighted by Gasteiger charge is 2.43. The van der Waals surface area contributed by atoms with Crippen LogP contribution in [-0.4, -0.2) is 116 Å². The van der Waals surface area contributed by atoms with Gasteiger partial charge in [-0.15, -0.1) is 0 Å². The van der Waals surface area contributed by atoms with E-state index in [0.29, 0.717) is 18.5 Å². The minimum Gasteiger partial charge on any atom is -0.386 e. The summed E-state index contributed by atoms with van der Waals surface area (Å²) in [6.45, 7) is 15.8. The number of carbonyl (C=O) groups is 4. The number of benzene rings is 1. The molecule has 0 saturated carbocycles. The maximum absolute atomic E-state index is 14.1. The van der Waals surface area contributed by atoms with Gasteiger partial charge in [0.05, 0.1) is 54.8 Å². The quantitative estimate of drug-likeness (QED) is 0.153. The summed E-state index contributed by atoms with van der Waals surface area (Å²) >= 11 is 3.40. The fraction of sp³-hybridized carbons (Fsp3) is 0.744. The van der Waals surface area contributed by atoms with Crippen molar-refractivity contribution in [2.24, 2.45) is 23.7 Å². The van der Waals surface area contributed by atoms with Crippen molar-refractivity contribution < 1.29 is 33.8 Å². The van der Waals surface area contributed by atoms with Gasteiger partial charge in [-0.2, -0.15) is 0 Å². The van der Waals surface area contributed by atoms with Gasteiger partial charge >= 0.3 is 0 Å². The third-order valence-corrected chi connectivity index (χ3v) is 11.3. The maximum atomic E-state index is 14.1. The number of ether oxygens (including phenoxy) is 2. The molecule has 0 aromatic heterocycles. The molecule has 1 heterocycles. The summed E-state index contributed by atoms with van der Waals surface area (Å²) in [5.41, 5.74) is 0.688. The molecule has 0 aliphatic carbocycles. The van der Waals surface area contributed by atoms with Gasteiger partial charge in [-0.1, -0.05) is 82.9 Å². The van der Waals surface area contributed by atoms with Crippen molar-refractivity contribution in [3.8, 4) is 0 Å². The molecule has 296 valence electrons. The van der Waals surface area contributed by atoms with Crippen molar-refractivity contribution in [1.82, 2.24) is 25.8 Å². The second kappa shape index (κ2) is 21.3. The number of aliphatic hydroxyl groups is 1. The Labute approximate surface area is 320 Å². The largest absolute Gasteiger partial charge is 0.386 e. The third kappa shape index (κ3) is 11.7. The number of carbonyl (C=O) groups excluding carboxylic acids is 4. The second-order valence-electron chi connectivity index (χ2n) is 15.1. The summed E-state index contributed by atoms with van der Waals surface area (Å²) in [5, 5.41) is 19.9. The summed E-state index contributed by atoms with van der Waals surface area (Å²) in [6, 6.07) is 4.74. The molecule has 1 aliphatic rings. The monoisotopic (exact) mass is 795 g/mol. The Bertz CT molecular complexity index is 1300. The van der Waals surface area contributed by atoms with Crippen molar-refractivity contribution in [2.75, 3.05) is 34.9 Å². The van der Waals surface area contributed by atoms with Gasteiger partial charge in [0.25, 0.3) is 0 Å². The van der Waals surface area contributed by atoms with Gasteiger partial charge in [0, 0.05) is 32.3 Å². The summed E-state index contributed by atoms with van der Waals surface area (Å²) < 4.78 is 12.8. The first-order valence-corrected chi connectivity index (χ1v) is 19.6. The van der Waals surface area contributed by atoms with Crippen molar-refractivity contribution in [2.45, 2.75) is 130 Å². The zero-order valence-electron chi connectivity index (χ0n) is 33.4. The van der Waals surface area contributed by atoms with Crippen LogP contribution < -0.4 is 16.0 Å². The van der Waals surface area contributed by atoms with Gasteiger partial charge < -0.3 is 40.3 Å². The fourth-order valence-electron chi connectivity index (χ4n) is 7.43. The lowest BCUT2D eigenvalue weighted by Crippen LogP contribution is -2.59. The molecule has 1 saturated heterocycles. The van der Waals surface area contributed by atoms with Crippen LogP contribution in [0.1, 0.15) is 92.7 Å². The molecular formula is C39H66BrN5O7. The summed E-state index contributed by atoms with van der Waals surface area (Å²) in [4.78, 5) is 58.4. The summed E-state index contributed by atoms with van der Waals surface area (Å²) in [7, 11) is 6.57. The van der Waals surface area contributed by atoms with Crippen molar-refractivity contribution in [3.63, 3.8) is 0 Å². The van der Waals surface area contributed by atoms with Crippen LogP contribution in [-0.2, 0) is 28.7 Å². The lowest BCUT2D eigenvalue weighted by molar-refractivity contribution is -0.148. The third-order valence-electron chi connectivity index (χ3n) is 10.8. The van der Waals surface area contributed by atoms with Crippen molar-refractivity contribution >= 4 is 39.6 Å². The minimum atomic E-state index is -0.901. The van der Waals surface area contributed by atoms with E-state index in [1.807, 2.05) is 53.7 Å². The standard InChI is InChI=1S/C39H66BrN5O7/c1-13-24(6)34(44(10)39(50)33(23(4)5)43-38(49)32(41-9)22(2)3)30(51-11)21-31(46)45-20-14-15-29(45)36(52-12)25(7)37(48)42-26(8)35(47)27-16-18-28(40)19-17-27/h16-19,22-26,29-30,32-36,41,47H,13-15,20-21H2,1-12H3,(H,42,48)(H,43,49)/t24-,25+,26+,29-,30+,32-,33-,34-,35+,36+/m0/s1. The molecule has 4 amide bonds. The number of amides is 4. The van der Waals surface area contributed by atoms with Crippen LogP contribution in [0, 0.1) is 23.7 Å².